The van der Waals surface area contributed by atoms with Gasteiger partial charge in [0, 0.05) is 17.6 Å². The van der Waals surface area contributed by atoms with Crippen LogP contribution in [0.1, 0.15) is 6.92 Å². The molecular formula is C12H11ClO5S. The van der Waals surface area contributed by atoms with E-state index >= 15 is 0 Å². The Labute approximate surface area is 115 Å². The molecule has 0 aromatic heterocycles. The van der Waals surface area contributed by atoms with Crippen LogP contribution in [0.15, 0.2) is 29.2 Å². The topological polar surface area (TPSA) is 69.7 Å². The summed E-state index contributed by atoms with van der Waals surface area (Å²) in [7, 11) is 1.45. The second kappa shape index (κ2) is 7.02. The quantitative estimate of drug-likeness (QED) is 0.479. The van der Waals surface area contributed by atoms with Crippen LogP contribution < -0.4 is 4.74 Å². The highest BCUT2D eigenvalue weighted by Crippen LogP contribution is 2.18. The minimum Gasteiger partial charge on any atom is -0.481 e. The molecule has 1 rings (SSSR count). The third-order valence-electron chi connectivity index (χ3n) is 1.89. The van der Waals surface area contributed by atoms with Gasteiger partial charge in [-0.3, -0.25) is 4.79 Å². The van der Waals surface area contributed by atoms with E-state index in [1.807, 2.05) is 0 Å². The lowest BCUT2D eigenvalue weighted by Crippen LogP contribution is -1.99. The predicted octanol–water partition coefficient (Wildman–Crippen LogP) is 1.56. The van der Waals surface area contributed by atoms with Crippen molar-refractivity contribution >= 4 is 25.7 Å². The highest BCUT2D eigenvalue weighted by atomic mass is 35.7. The number of rotatable bonds is 4. The van der Waals surface area contributed by atoms with Gasteiger partial charge >= 0.3 is 5.97 Å². The van der Waals surface area contributed by atoms with Gasteiger partial charge in [0.2, 0.25) is 0 Å². The molecule has 0 unspecified atom stereocenters. The van der Waals surface area contributed by atoms with Gasteiger partial charge in [0.1, 0.15) is 12.4 Å². The van der Waals surface area contributed by atoms with Crippen molar-refractivity contribution in [1.82, 2.24) is 0 Å². The van der Waals surface area contributed by atoms with Gasteiger partial charge in [-0.25, -0.2) is 8.42 Å². The molecule has 0 atom stereocenters. The lowest BCUT2D eigenvalue weighted by atomic mass is 10.3. The molecule has 1 aromatic rings. The maximum absolute atomic E-state index is 11.0. The molecule has 0 aliphatic carbocycles. The molecule has 0 fully saturated rings. The molecule has 0 amide bonds. The van der Waals surface area contributed by atoms with Crippen LogP contribution in [0.25, 0.3) is 0 Å². The monoisotopic (exact) mass is 302 g/mol. The molecule has 0 bridgehead atoms. The van der Waals surface area contributed by atoms with E-state index in [1.54, 1.807) is 0 Å². The molecule has 0 saturated carbocycles. The largest absolute Gasteiger partial charge is 0.481 e. The number of carbonyl (C=O) groups is 1. The third-order valence-corrected chi connectivity index (χ3v) is 3.26. The number of esters is 1. The summed E-state index contributed by atoms with van der Waals surface area (Å²) in [6.45, 7) is 1.42. The smallest absolute Gasteiger partial charge is 0.303 e. The van der Waals surface area contributed by atoms with Gasteiger partial charge in [-0.1, -0.05) is 11.8 Å². The van der Waals surface area contributed by atoms with Crippen molar-refractivity contribution in [2.24, 2.45) is 0 Å². The molecule has 0 N–H and O–H groups in total. The van der Waals surface area contributed by atoms with Crippen molar-refractivity contribution in [2.75, 3.05) is 13.2 Å². The Morgan fingerprint density at radius 2 is 1.79 bits per heavy atom. The van der Waals surface area contributed by atoms with E-state index in [1.165, 1.54) is 31.2 Å². The molecule has 0 saturated heterocycles. The van der Waals surface area contributed by atoms with E-state index in [0.29, 0.717) is 5.75 Å². The summed E-state index contributed by atoms with van der Waals surface area (Å²) >= 11 is 0. The lowest BCUT2D eigenvalue weighted by Gasteiger charge is -2.02. The molecule has 1 aromatic carbocycles. The van der Waals surface area contributed by atoms with E-state index in [0.717, 1.165) is 0 Å². The zero-order valence-corrected chi connectivity index (χ0v) is 11.6. The summed E-state index contributed by atoms with van der Waals surface area (Å²) < 4.78 is 31.8. The van der Waals surface area contributed by atoms with Crippen molar-refractivity contribution in [3.05, 3.63) is 24.3 Å². The van der Waals surface area contributed by atoms with Crippen LogP contribution in [-0.4, -0.2) is 27.6 Å². The molecule has 102 valence electrons. The summed E-state index contributed by atoms with van der Waals surface area (Å²) in [6.07, 6.45) is 0. The normalized spacial score (nSPS) is 10.2. The molecular weight excluding hydrogens is 292 g/mol. The highest BCUT2D eigenvalue weighted by molar-refractivity contribution is 8.13. The average molecular weight is 303 g/mol. The second-order valence-electron chi connectivity index (χ2n) is 3.33. The van der Waals surface area contributed by atoms with Gasteiger partial charge in [0.25, 0.3) is 9.05 Å². The van der Waals surface area contributed by atoms with Crippen LogP contribution >= 0.6 is 10.7 Å². The first kappa shape index (κ1) is 15.3. The molecule has 5 nitrogen and oxygen atoms in total. The number of halogens is 1. The van der Waals surface area contributed by atoms with Gasteiger partial charge < -0.3 is 9.47 Å². The number of hydrogen-bond donors (Lipinski definition) is 0. The Balaban J connectivity index is 2.44. The van der Waals surface area contributed by atoms with Crippen molar-refractivity contribution in [2.45, 2.75) is 11.8 Å². The first-order valence-electron chi connectivity index (χ1n) is 5.16. The van der Waals surface area contributed by atoms with Crippen molar-refractivity contribution in [3.8, 4) is 17.6 Å². The molecule has 0 aliphatic heterocycles. The average Bonchev–Trinajstić information content (AvgIpc) is 2.32. The van der Waals surface area contributed by atoms with Gasteiger partial charge in [-0.2, -0.15) is 0 Å². The van der Waals surface area contributed by atoms with Gasteiger partial charge in [-0.05, 0) is 24.3 Å². The maximum atomic E-state index is 11.0. The molecule has 0 radical (unpaired) electrons. The number of benzene rings is 1. The Hall–Kier alpha value is -1.71. The van der Waals surface area contributed by atoms with E-state index < -0.39 is 15.0 Å². The highest BCUT2D eigenvalue weighted by Gasteiger charge is 2.08. The van der Waals surface area contributed by atoms with Gasteiger partial charge in [0.05, 0.1) is 4.90 Å². The van der Waals surface area contributed by atoms with Crippen LogP contribution in [0.2, 0.25) is 0 Å². The van der Waals surface area contributed by atoms with E-state index in [9.17, 15) is 13.2 Å². The Kier molecular flexibility index (Phi) is 5.67. The van der Waals surface area contributed by atoms with Crippen molar-refractivity contribution < 1.29 is 22.7 Å². The first-order valence-corrected chi connectivity index (χ1v) is 7.47. The molecule has 0 aliphatic rings. The molecule has 7 heteroatoms. The lowest BCUT2D eigenvalue weighted by molar-refractivity contribution is -0.139. The summed E-state index contributed by atoms with van der Waals surface area (Å²) in [5.41, 5.74) is 0. The minimum atomic E-state index is -3.72. The number of ether oxygens (including phenoxy) is 2. The standard InChI is InChI=1S/C12H11ClO5S/c1-10(14)17-8-2-3-9-18-11-4-6-12(7-5-11)19(13,15)16/h4-7H,8-9H2,1H3. The fraction of sp³-hybridized carbons (Fsp3) is 0.250. The molecule has 0 spiro atoms. The van der Waals surface area contributed by atoms with Gasteiger partial charge in [0.15, 0.2) is 6.61 Å². The summed E-state index contributed by atoms with van der Waals surface area (Å²) in [4.78, 5) is 10.4. The SMILES string of the molecule is CC(=O)OCC#CCOc1ccc(S(=O)(=O)Cl)cc1. The predicted molar refractivity (Wildman–Crippen MR) is 69.4 cm³/mol. The van der Waals surface area contributed by atoms with Gasteiger partial charge in [-0.15, -0.1) is 0 Å². The minimum absolute atomic E-state index is 0.00228. The molecule has 19 heavy (non-hydrogen) atoms. The summed E-state index contributed by atoms with van der Waals surface area (Å²) in [5, 5.41) is 0. The Bertz CT molecular complexity index is 595. The Morgan fingerprint density at radius 1 is 1.21 bits per heavy atom. The summed E-state index contributed by atoms with van der Waals surface area (Å²) in [6, 6.07) is 5.62. The van der Waals surface area contributed by atoms with Crippen LogP contribution in [0.3, 0.4) is 0 Å². The maximum Gasteiger partial charge on any atom is 0.303 e. The van der Waals surface area contributed by atoms with E-state index in [2.05, 4.69) is 16.6 Å². The molecule has 0 heterocycles. The second-order valence-corrected chi connectivity index (χ2v) is 5.90. The summed E-state index contributed by atoms with van der Waals surface area (Å²) in [5.74, 6) is 5.30. The number of carbonyl (C=O) groups excluding carboxylic acids is 1. The van der Waals surface area contributed by atoms with E-state index in [4.69, 9.17) is 15.4 Å². The van der Waals surface area contributed by atoms with E-state index in [-0.39, 0.29) is 18.1 Å². The van der Waals surface area contributed by atoms with Crippen molar-refractivity contribution in [3.63, 3.8) is 0 Å². The van der Waals surface area contributed by atoms with Crippen LogP contribution in [-0.2, 0) is 18.6 Å². The third kappa shape index (κ3) is 6.13. The van der Waals surface area contributed by atoms with Crippen LogP contribution in [0.5, 0.6) is 5.75 Å². The first-order chi connectivity index (χ1) is 8.89. The number of hydrogen-bond acceptors (Lipinski definition) is 5. The fourth-order valence-electron chi connectivity index (χ4n) is 1.06. The fourth-order valence-corrected chi connectivity index (χ4v) is 1.83. The van der Waals surface area contributed by atoms with Crippen molar-refractivity contribution in [1.29, 1.82) is 0 Å². The zero-order valence-electron chi connectivity index (χ0n) is 10.1. The Morgan fingerprint density at radius 3 is 2.32 bits per heavy atom. The zero-order chi connectivity index (χ0) is 14.3. The van der Waals surface area contributed by atoms with Crippen LogP contribution in [0.4, 0.5) is 0 Å². The van der Waals surface area contributed by atoms with Crippen LogP contribution in [0, 0.1) is 11.8 Å².